The fourth-order valence-corrected chi connectivity index (χ4v) is 11.1. The number of hydrogen-bond acceptors (Lipinski definition) is 12. The number of anilines is 4. The summed E-state index contributed by atoms with van der Waals surface area (Å²) in [7, 11) is 0. The number of nitrogen functional groups attached to an aromatic ring is 2. The van der Waals surface area contributed by atoms with Crippen molar-refractivity contribution in [2.24, 2.45) is 0 Å². The predicted octanol–water partition coefficient (Wildman–Crippen LogP) is 9.25. The summed E-state index contributed by atoms with van der Waals surface area (Å²) in [6.45, 7) is 16.4. The Labute approximate surface area is 462 Å². The lowest BCUT2D eigenvalue weighted by molar-refractivity contribution is -0.140. The number of carbonyl (C=O) groups excluding carboxylic acids is 4. The highest BCUT2D eigenvalue weighted by Crippen LogP contribution is 2.44. The van der Waals surface area contributed by atoms with Gasteiger partial charge in [-0.3, -0.25) is 19.6 Å². The van der Waals surface area contributed by atoms with E-state index in [0.717, 1.165) is 89.7 Å². The average molecular weight is 1120 g/mol. The highest BCUT2D eigenvalue weighted by atomic mass is 19.4. The van der Waals surface area contributed by atoms with E-state index in [1.54, 1.807) is 76.2 Å². The van der Waals surface area contributed by atoms with Gasteiger partial charge in [-0.25, -0.2) is 19.2 Å². The third-order valence-electron chi connectivity index (χ3n) is 15.3. The van der Waals surface area contributed by atoms with Crippen molar-refractivity contribution in [2.45, 2.75) is 65.0 Å². The molecule has 430 valence electrons. The van der Waals surface area contributed by atoms with Gasteiger partial charge in [-0.2, -0.15) is 26.3 Å². The number of hydrogen-bond donors (Lipinski definition) is 2. The standard InChI is InChI=1S/C58H70F6N10O6/c1-5-79-53(75)49-39(3)73(47-13-7-11-43(37-47)57(59,60)61)55(77)71(51(49)41-15-19-45(65)20-16-41)25-9-23-67-27-31-69(32-28-67)35-36-70-33-29-68(30-34-70)24-10-26-72-52(42-17-21-46(66)22-18-42)50(54(76)80-6-2)40(4)74(56(72)78)48-14-8-12-44(38-48)58(62,63)64/h7-8,11-22,37-38,51-52H,5-6,9-10,23-36,65-66H2,1-4H3. The summed E-state index contributed by atoms with van der Waals surface area (Å²) in [5.74, 6) is -1.36. The molecule has 0 aliphatic carbocycles. The molecule has 0 spiro atoms. The van der Waals surface area contributed by atoms with E-state index in [1.165, 1.54) is 43.9 Å². The zero-order valence-electron chi connectivity index (χ0n) is 45.6. The van der Waals surface area contributed by atoms with E-state index in [-0.39, 0.29) is 60.2 Å². The predicted molar refractivity (Wildman–Crippen MR) is 293 cm³/mol. The molecular formula is C58H70F6N10O6. The summed E-state index contributed by atoms with van der Waals surface area (Å²) in [5, 5.41) is 0. The molecule has 2 atom stereocenters. The summed E-state index contributed by atoms with van der Waals surface area (Å²) in [4.78, 5) is 71.7. The topological polar surface area (TPSA) is 165 Å². The van der Waals surface area contributed by atoms with E-state index >= 15 is 0 Å². The molecule has 22 heteroatoms. The second kappa shape index (κ2) is 25.5. The largest absolute Gasteiger partial charge is 0.463 e. The van der Waals surface area contributed by atoms with Gasteiger partial charge in [0.25, 0.3) is 0 Å². The molecule has 4 aliphatic rings. The van der Waals surface area contributed by atoms with Crippen LogP contribution >= 0.6 is 0 Å². The molecule has 4 heterocycles. The Morgan fingerprint density at radius 3 is 1.14 bits per heavy atom. The van der Waals surface area contributed by atoms with Gasteiger partial charge in [0.15, 0.2) is 0 Å². The molecule has 0 aromatic heterocycles. The van der Waals surface area contributed by atoms with E-state index in [4.69, 9.17) is 20.9 Å². The number of piperazine rings is 2. The number of nitrogens with two attached hydrogens (primary N) is 2. The fraction of sp³-hybridized carbons (Fsp3) is 0.448. The Balaban J connectivity index is 0.850. The SMILES string of the molecule is CCOC(=O)C1=C(C)N(c2cccc(C(F)(F)F)c2)C(=O)N(CCCN2CCN(CCN3CCN(CCCN4C(=O)N(c5cccc(C(F)(F)F)c5)C(C)=C(C(=O)OCC)C4c4ccc(N)cc4)CC3)CC2)C1c1ccc(N)cc1. The molecule has 0 bridgehead atoms. The van der Waals surface area contributed by atoms with Crippen molar-refractivity contribution in [1.82, 2.24) is 29.4 Å². The summed E-state index contributed by atoms with van der Waals surface area (Å²) in [6.07, 6.45) is -8.28. The maximum atomic E-state index is 14.6. The van der Waals surface area contributed by atoms with Gasteiger partial charge in [0.05, 0.1) is 58.9 Å². The van der Waals surface area contributed by atoms with Gasteiger partial charge in [-0.15, -0.1) is 0 Å². The van der Waals surface area contributed by atoms with Gasteiger partial charge in [-0.1, -0.05) is 36.4 Å². The first-order valence-corrected chi connectivity index (χ1v) is 27.1. The number of amides is 4. The quantitative estimate of drug-likeness (QED) is 0.0521. The van der Waals surface area contributed by atoms with Gasteiger partial charge in [0.2, 0.25) is 0 Å². The number of urea groups is 2. The summed E-state index contributed by atoms with van der Waals surface area (Å²) in [5.41, 5.74) is 13.0. The smallest absolute Gasteiger partial charge is 0.416 e. The number of carbonyl (C=O) groups is 4. The molecule has 4 N–H and O–H groups in total. The number of rotatable bonds is 19. The first-order chi connectivity index (χ1) is 38.2. The number of alkyl halides is 6. The Bertz CT molecular complexity index is 2710. The third kappa shape index (κ3) is 13.5. The highest BCUT2D eigenvalue weighted by Gasteiger charge is 2.45. The molecule has 8 rings (SSSR count). The number of ether oxygens (including phenoxy) is 2. The van der Waals surface area contributed by atoms with Crippen molar-refractivity contribution < 1.29 is 55.0 Å². The van der Waals surface area contributed by atoms with Crippen LogP contribution < -0.4 is 21.3 Å². The zero-order chi connectivity index (χ0) is 57.5. The van der Waals surface area contributed by atoms with E-state index in [1.807, 2.05) is 0 Å². The Kier molecular flexibility index (Phi) is 18.8. The molecule has 2 saturated heterocycles. The van der Waals surface area contributed by atoms with Crippen LogP contribution in [0.25, 0.3) is 0 Å². The molecule has 4 aromatic rings. The maximum Gasteiger partial charge on any atom is 0.416 e. The Morgan fingerprint density at radius 2 is 0.825 bits per heavy atom. The monoisotopic (exact) mass is 1120 g/mol. The number of nitrogens with zero attached hydrogens (tertiary/aromatic N) is 8. The lowest BCUT2D eigenvalue weighted by Crippen LogP contribution is -2.53. The molecular weight excluding hydrogens is 1050 g/mol. The second-order valence-corrected chi connectivity index (χ2v) is 20.4. The number of esters is 2. The van der Waals surface area contributed by atoms with E-state index in [2.05, 4.69) is 19.6 Å². The normalized spacial score (nSPS) is 19.6. The van der Waals surface area contributed by atoms with Crippen LogP contribution in [-0.2, 0) is 31.4 Å². The van der Waals surface area contributed by atoms with Crippen LogP contribution in [-0.4, -0.2) is 158 Å². The number of benzene rings is 4. The first kappa shape index (κ1) is 59.0. The van der Waals surface area contributed by atoms with Crippen molar-refractivity contribution in [2.75, 3.05) is 126 Å². The minimum atomic E-state index is -4.66. The van der Waals surface area contributed by atoms with Gasteiger partial charge in [-0.05, 0) is 125 Å². The minimum absolute atomic E-state index is 0.0215. The lowest BCUT2D eigenvalue weighted by Gasteiger charge is -2.43. The Hall–Kier alpha value is -7.14. The minimum Gasteiger partial charge on any atom is -0.463 e. The van der Waals surface area contributed by atoms with Crippen LogP contribution in [0.4, 0.5) is 58.7 Å². The van der Waals surface area contributed by atoms with Crippen molar-refractivity contribution in [1.29, 1.82) is 0 Å². The molecule has 80 heavy (non-hydrogen) atoms. The van der Waals surface area contributed by atoms with E-state index < -0.39 is 59.6 Å². The number of allylic oxidation sites excluding steroid dienone is 2. The van der Waals surface area contributed by atoms with Crippen molar-refractivity contribution in [3.05, 3.63) is 142 Å². The summed E-state index contributed by atoms with van der Waals surface area (Å²) < 4.78 is 94.6. The second-order valence-electron chi connectivity index (χ2n) is 20.4. The van der Waals surface area contributed by atoms with Crippen molar-refractivity contribution in [3.8, 4) is 0 Å². The third-order valence-corrected chi connectivity index (χ3v) is 15.3. The van der Waals surface area contributed by atoms with Gasteiger partial charge in [0, 0.05) is 101 Å². The molecule has 0 radical (unpaired) electrons. The molecule has 4 aliphatic heterocycles. The fourth-order valence-electron chi connectivity index (χ4n) is 11.1. The van der Waals surface area contributed by atoms with Gasteiger partial charge >= 0.3 is 36.4 Å². The van der Waals surface area contributed by atoms with Gasteiger partial charge < -0.3 is 40.5 Å². The maximum absolute atomic E-state index is 14.6. The van der Waals surface area contributed by atoms with E-state index in [0.29, 0.717) is 48.4 Å². The van der Waals surface area contributed by atoms with Crippen LogP contribution in [0.2, 0.25) is 0 Å². The van der Waals surface area contributed by atoms with Crippen molar-refractivity contribution in [3.63, 3.8) is 0 Å². The van der Waals surface area contributed by atoms with Gasteiger partial charge in [0.1, 0.15) is 0 Å². The molecule has 4 amide bonds. The summed E-state index contributed by atoms with van der Waals surface area (Å²) >= 11 is 0. The van der Waals surface area contributed by atoms with Crippen molar-refractivity contribution >= 4 is 46.8 Å². The molecule has 4 aromatic carbocycles. The molecule has 2 unspecified atom stereocenters. The molecule has 0 saturated carbocycles. The van der Waals surface area contributed by atoms with Crippen LogP contribution in [0.1, 0.15) is 74.9 Å². The molecule has 16 nitrogen and oxygen atoms in total. The average Bonchev–Trinajstić information content (AvgIpc) is 3.54. The first-order valence-electron chi connectivity index (χ1n) is 27.1. The Morgan fingerprint density at radius 1 is 0.500 bits per heavy atom. The summed E-state index contributed by atoms with van der Waals surface area (Å²) in [6, 6.07) is 19.8. The highest BCUT2D eigenvalue weighted by molar-refractivity contribution is 6.04. The van der Waals surface area contributed by atoms with E-state index in [9.17, 15) is 45.5 Å². The zero-order valence-corrected chi connectivity index (χ0v) is 45.6. The van der Waals surface area contributed by atoms with Crippen LogP contribution in [0, 0.1) is 0 Å². The molecule has 2 fully saturated rings. The lowest BCUT2D eigenvalue weighted by atomic mass is 9.92. The van der Waals surface area contributed by atoms with Crippen LogP contribution in [0.5, 0.6) is 0 Å². The van der Waals surface area contributed by atoms with Crippen LogP contribution in [0.3, 0.4) is 0 Å². The number of halogens is 6. The van der Waals surface area contributed by atoms with Crippen LogP contribution in [0.15, 0.2) is 120 Å².